The highest BCUT2D eigenvalue weighted by Gasteiger charge is 2.29. The molecule has 112 valence electrons. The summed E-state index contributed by atoms with van der Waals surface area (Å²) in [6.07, 6.45) is 0.896. The van der Waals surface area contributed by atoms with Crippen LogP contribution in [-0.4, -0.2) is 34.6 Å². The summed E-state index contributed by atoms with van der Waals surface area (Å²) < 4.78 is 13.4. The molecule has 0 bridgehead atoms. The molecule has 1 atom stereocenters. The molecule has 1 aromatic rings. The molecule has 0 radical (unpaired) electrons. The number of Topliss-reactive ketones (excluding diaryl/α,β-unsaturated/α-hetero) is 1. The van der Waals surface area contributed by atoms with Gasteiger partial charge in [0.1, 0.15) is 11.6 Å². The molecule has 1 saturated heterocycles. The minimum absolute atomic E-state index is 0.0640. The van der Waals surface area contributed by atoms with E-state index in [4.69, 9.17) is 0 Å². The smallest absolute Gasteiger partial charge is 0.273 e. The van der Waals surface area contributed by atoms with Crippen LogP contribution in [0.25, 0.3) is 0 Å². The summed E-state index contributed by atoms with van der Waals surface area (Å²) in [5.74, 6) is -1.41. The van der Waals surface area contributed by atoms with Gasteiger partial charge in [-0.25, -0.2) is 4.39 Å². The molecule has 1 aliphatic heterocycles. The molecule has 1 aliphatic rings. The van der Waals surface area contributed by atoms with Crippen molar-refractivity contribution in [3.8, 4) is 0 Å². The number of likely N-dealkylation sites (tertiary alicyclic amines) is 1. The molecule has 1 aromatic carbocycles. The summed E-state index contributed by atoms with van der Waals surface area (Å²) in [4.78, 5) is 35.4. The first-order valence-corrected chi connectivity index (χ1v) is 6.69. The zero-order valence-corrected chi connectivity index (χ0v) is 11.5. The first-order chi connectivity index (χ1) is 9.92. The summed E-state index contributed by atoms with van der Waals surface area (Å²) in [6, 6.07) is 2.81. The Morgan fingerprint density at radius 2 is 2.19 bits per heavy atom. The van der Waals surface area contributed by atoms with Gasteiger partial charge in [-0.3, -0.25) is 19.7 Å². The van der Waals surface area contributed by atoms with Crippen LogP contribution in [0.1, 0.15) is 30.1 Å². The SMILES string of the molecule is CCC1CN(C(=O)c2cc(F)cc([N+](=O)[O-])c2)CCC1=O. The third-order valence-corrected chi connectivity index (χ3v) is 3.64. The highest BCUT2D eigenvalue weighted by molar-refractivity contribution is 5.96. The van der Waals surface area contributed by atoms with Gasteiger partial charge >= 0.3 is 0 Å². The van der Waals surface area contributed by atoms with E-state index in [1.807, 2.05) is 6.92 Å². The maximum absolute atomic E-state index is 13.4. The molecule has 0 aliphatic carbocycles. The second-order valence-electron chi connectivity index (χ2n) is 5.03. The van der Waals surface area contributed by atoms with Crippen LogP contribution in [0.5, 0.6) is 0 Å². The summed E-state index contributed by atoms with van der Waals surface area (Å²) in [5.41, 5.74) is -0.524. The number of ketones is 1. The molecule has 6 nitrogen and oxygen atoms in total. The topological polar surface area (TPSA) is 80.5 Å². The predicted octanol–water partition coefficient (Wildman–Crippen LogP) is 2.18. The highest BCUT2D eigenvalue weighted by atomic mass is 19.1. The molecule has 1 fully saturated rings. The van der Waals surface area contributed by atoms with Crippen LogP contribution in [0.4, 0.5) is 10.1 Å². The molecule has 1 heterocycles. The predicted molar refractivity (Wildman–Crippen MR) is 72.4 cm³/mol. The van der Waals surface area contributed by atoms with Crippen LogP contribution in [0.15, 0.2) is 18.2 Å². The Hall–Kier alpha value is -2.31. The number of piperidine rings is 1. The van der Waals surface area contributed by atoms with Gasteiger partial charge in [0.05, 0.1) is 11.0 Å². The van der Waals surface area contributed by atoms with E-state index < -0.39 is 22.3 Å². The lowest BCUT2D eigenvalue weighted by molar-refractivity contribution is -0.385. The number of nitro groups is 1. The number of hydrogen-bond donors (Lipinski definition) is 0. The van der Waals surface area contributed by atoms with Crippen LogP contribution < -0.4 is 0 Å². The number of non-ortho nitro benzene ring substituents is 1. The zero-order valence-electron chi connectivity index (χ0n) is 11.5. The van der Waals surface area contributed by atoms with Crippen molar-refractivity contribution in [2.45, 2.75) is 19.8 Å². The molecule has 0 N–H and O–H groups in total. The van der Waals surface area contributed by atoms with Crippen LogP contribution >= 0.6 is 0 Å². The van der Waals surface area contributed by atoms with Gasteiger partial charge in [-0.1, -0.05) is 6.92 Å². The Labute approximate surface area is 120 Å². The number of benzene rings is 1. The summed E-state index contributed by atoms with van der Waals surface area (Å²) in [7, 11) is 0. The van der Waals surface area contributed by atoms with Crippen molar-refractivity contribution in [3.63, 3.8) is 0 Å². The maximum Gasteiger partial charge on any atom is 0.273 e. The largest absolute Gasteiger partial charge is 0.337 e. The van der Waals surface area contributed by atoms with Gasteiger partial charge in [0.15, 0.2) is 0 Å². The van der Waals surface area contributed by atoms with Gasteiger partial charge in [0.25, 0.3) is 11.6 Å². The van der Waals surface area contributed by atoms with E-state index >= 15 is 0 Å². The first kappa shape index (κ1) is 15.1. The van der Waals surface area contributed by atoms with Crippen molar-refractivity contribution in [2.75, 3.05) is 13.1 Å². The Bertz CT molecular complexity index is 603. The fraction of sp³-hybridized carbons (Fsp3) is 0.429. The molecule has 0 saturated carbocycles. The quantitative estimate of drug-likeness (QED) is 0.632. The molecular formula is C14H15FN2O4. The summed E-state index contributed by atoms with van der Waals surface area (Å²) in [6.45, 7) is 2.40. The van der Waals surface area contributed by atoms with Crippen LogP contribution in [0.3, 0.4) is 0 Å². The van der Waals surface area contributed by atoms with Crippen molar-refractivity contribution in [1.82, 2.24) is 4.90 Å². The molecule has 21 heavy (non-hydrogen) atoms. The van der Waals surface area contributed by atoms with Gasteiger partial charge in [0.2, 0.25) is 0 Å². The molecule has 0 aromatic heterocycles. The maximum atomic E-state index is 13.4. The Kier molecular flexibility index (Phi) is 4.30. The number of carbonyl (C=O) groups is 2. The minimum atomic E-state index is -0.826. The van der Waals surface area contributed by atoms with Crippen molar-refractivity contribution < 1.29 is 18.9 Å². The highest BCUT2D eigenvalue weighted by Crippen LogP contribution is 2.21. The van der Waals surface area contributed by atoms with E-state index in [1.54, 1.807) is 0 Å². The minimum Gasteiger partial charge on any atom is -0.337 e. The second kappa shape index (κ2) is 5.99. The number of rotatable bonds is 3. The lowest BCUT2D eigenvalue weighted by Crippen LogP contribution is -2.44. The van der Waals surface area contributed by atoms with E-state index in [1.165, 1.54) is 4.90 Å². The summed E-state index contributed by atoms with van der Waals surface area (Å²) >= 11 is 0. The lowest BCUT2D eigenvalue weighted by atomic mass is 9.93. The standard InChI is InChI=1S/C14H15FN2O4/c1-2-9-8-16(4-3-13(9)18)14(19)10-5-11(15)7-12(6-10)17(20)21/h5-7,9H,2-4,8H2,1H3. The lowest BCUT2D eigenvalue weighted by Gasteiger charge is -2.31. The number of nitro benzene ring substituents is 1. The number of carbonyl (C=O) groups excluding carboxylic acids is 2. The van der Waals surface area contributed by atoms with Crippen molar-refractivity contribution in [1.29, 1.82) is 0 Å². The Morgan fingerprint density at radius 1 is 1.48 bits per heavy atom. The monoisotopic (exact) mass is 294 g/mol. The Balaban J connectivity index is 2.24. The van der Waals surface area contributed by atoms with E-state index in [9.17, 15) is 24.1 Å². The van der Waals surface area contributed by atoms with Crippen LogP contribution in [0.2, 0.25) is 0 Å². The van der Waals surface area contributed by atoms with Gasteiger partial charge in [-0.2, -0.15) is 0 Å². The van der Waals surface area contributed by atoms with Gasteiger partial charge in [0, 0.05) is 37.1 Å². The van der Waals surface area contributed by atoms with Crippen molar-refractivity contribution >= 4 is 17.4 Å². The number of amides is 1. The number of halogens is 1. The molecule has 1 unspecified atom stereocenters. The molecule has 7 heteroatoms. The number of nitrogens with zero attached hydrogens (tertiary/aromatic N) is 2. The molecular weight excluding hydrogens is 279 g/mol. The zero-order chi connectivity index (χ0) is 15.6. The van der Waals surface area contributed by atoms with Crippen LogP contribution in [0, 0.1) is 21.8 Å². The van der Waals surface area contributed by atoms with E-state index in [0.29, 0.717) is 6.42 Å². The normalized spacial score (nSPS) is 18.7. The van der Waals surface area contributed by atoms with Gasteiger partial charge in [-0.15, -0.1) is 0 Å². The molecule has 1 amide bonds. The molecule has 0 spiro atoms. The first-order valence-electron chi connectivity index (χ1n) is 6.69. The fourth-order valence-electron chi connectivity index (χ4n) is 2.44. The van der Waals surface area contributed by atoms with Gasteiger partial charge < -0.3 is 4.90 Å². The average Bonchev–Trinajstić information content (AvgIpc) is 2.46. The van der Waals surface area contributed by atoms with E-state index in [2.05, 4.69) is 0 Å². The van der Waals surface area contributed by atoms with Crippen molar-refractivity contribution in [2.24, 2.45) is 5.92 Å². The molecule has 2 rings (SSSR count). The third-order valence-electron chi connectivity index (χ3n) is 3.64. The van der Waals surface area contributed by atoms with Crippen LogP contribution in [-0.2, 0) is 4.79 Å². The van der Waals surface area contributed by atoms with Gasteiger partial charge in [-0.05, 0) is 12.5 Å². The second-order valence-corrected chi connectivity index (χ2v) is 5.03. The van der Waals surface area contributed by atoms with E-state index in [0.717, 1.165) is 18.2 Å². The Morgan fingerprint density at radius 3 is 2.81 bits per heavy atom. The average molecular weight is 294 g/mol. The summed E-state index contributed by atoms with van der Waals surface area (Å²) in [5, 5.41) is 10.7. The van der Waals surface area contributed by atoms with E-state index in [-0.39, 0.29) is 36.8 Å². The number of hydrogen-bond acceptors (Lipinski definition) is 4. The van der Waals surface area contributed by atoms with Crippen molar-refractivity contribution in [3.05, 3.63) is 39.7 Å². The fourth-order valence-corrected chi connectivity index (χ4v) is 2.44. The third kappa shape index (κ3) is 3.24.